The Balaban J connectivity index is 4.15. The van der Waals surface area contributed by atoms with E-state index in [1.54, 1.807) is 19.0 Å². The Labute approximate surface area is 142 Å². The maximum atomic E-state index is 11.9. The summed E-state index contributed by atoms with van der Waals surface area (Å²) in [5.41, 5.74) is 1.99. The van der Waals surface area contributed by atoms with E-state index in [4.69, 9.17) is 10.3 Å². The van der Waals surface area contributed by atoms with Gasteiger partial charge in [-0.1, -0.05) is 13.8 Å². The van der Waals surface area contributed by atoms with Crippen molar-refractivity contribution in [3.8, 4) is 0 Å². The molecule has 140 valence electrons. The van der Waals surface area contributed by atoms with Crippen molar-refractivity contribution in [2.75, 3.05) is 27.2 Å². The molecule has 9 heteroatoms. The van der Waals surface area contributed by atoms with Crippen LogP contribution in [-0.2, 0) is 14.4 Å². The Hall–Kier alpha value is -1.71. The smallest absolute Gasteiger partial charge is 0.322 e. The first-order valence-electron chi connectivity index (χ1n) is 8.04. The van der Waals surface area contributed by atoms with Gasteiger partial charge in [0, 0.05) is 6.54 Å². The molecule has 0 aliphatic carbocycles. The van der Waals surface area contributed by atoms with Gasteiger partial charge < -0.3 is 20.9 Å². The Kier molecular flexibility index (Phi) is 10.9. The van der Waals surface area contributed by atoms with Gasteiger partial charge in [0.15, 0.2) is 0 Å². The molecule has 2 amide bonds. The van der Waals surface area contributed by atoms with Crippen molar-refractivity contribution >= 4 is 17.8 Å². The summed E-state index contributed by atoms with van der Waals surface area (Å²) in [5, 5.41) is 22.7. The summed E-state index contributed by atoms with van der Waals surface area (Å²) in [5.74, 6) is -1.71. The molecule has 0 fully saturated rings. The average molecular weight is 346 g/mol. The normalized spacial score (nSPS) is 13.6. The fourth-order valence-electron chi connectivity index (χ4n) is 2.20. The SMILES string of the molecule is CC(C)[C@H](NO)C(=O)NCCCCC(C(=O)NCC(=O)O)N(C)C. The summed E-state index contributed by atoms with van der Waals surface area (Å²) >= 11 is 0. The van der Waals surface area contributed by atoms with E-state index in [0.717, 1.165) is 0 Å². The lowest BCUT2D eigenvalue weighted by Gasteiger charge is -2.23. The minimum absolute atomic E-state index is 0.0361. The predicted molar refractivity (Wildman–Crippen MR) is 88.5 cm³/mol. The van der Waals surface area contributed by atoms with Crippen molar-refractivity contribution in [1.82, 2.24) is 21.0 Å². The maximum absolute atomic E-state index is 11.9. The topological polar surface area (TPSA) is 131 Å². The van der Waals surface area contributed by atoms with Gasteiger partial charge in [0.1, 0.15) is 12.6 Å². The number of hydrogen-bond acceptors (Lipinski definition) is 6. The first-order valence-corrected chi connectivity index (χ1v) is 8.04. The predicted octanol–water partition coefficient (Wildman–Crippen LogP) is -0.593. The summed E-state index contributed by atoms with van der Waals surface area (Å²) < 4.78 is 0. The fourth-order valence-corrected chi connectivity index (χ4v) is 2.20. The van der Waals surface area contributed by atoms with Crippen LogP contribution in [0.15, 0.2) is 0 Å². The molecule has 1 unspecified atom stereocenters. The lowest BCUT2D eigenvalue weighted by Crippen LogP contribution is -2.46. The van der Waals surface area contributed by atoms with Gasteiger partial charge in [0.25, 0.3) is 0 Å². The van der Waals surface area contributed by atoms with Crippen molar-refractivity contribution in [3.63, 3.8) is 0 Å². The molecule has 0 heterocycles. The van der Waals surface area contributed by atoms with Crippen molar-refractivity contribution in [1.29, 1.82) is 0 Å². The number of rotatable bonds is 12. The van der Waals surface area contributed by atoms with Gasteiger partial charge in [0.2, 0.25) is 11.8 Å². The van der Waals surface area contributed by atoms with Crippen LogP contribution in [0.1, 0.15) is 33.1 Å². The van der Waals surface area contributed by atoms with E-state index in [0.29, 0.717) is 25.8 Å². The zero-order chi connectivity index (χ0) is 18.7. The Morgan fingerprint density at radius 3 is 2.12 bits per heavy atom. The highest BCUT2D eigenvalue weighted by molar-refractivity contribution is 5.85. The van der Waals surface area contributed by atoms with Crippen molar-refractivity contribution in [3.05, 3.63) is 0 Å². The number of likely N-dealkylation sites (N-methyl/N-ethyl adjacent to an activating group) is 1. The second-order valence-corrected chi connectivity index (χ2v) is 6.23. The number of carboxylic acid groups (broad SMARTS) is 1. The number of aliphatic carboxylic acids is 1. The minimum atomic E-state index is -1.08. The molecule has 0 aromatic carbocycles. The molecule has 0 saturated heterocycles. The number of carbonyl (C=O) groups excluding carboxylic acids is 2. The molecule has 0 aromatic rings. The van der Waals surface area contributed by atoms with Crippen LogP contribution in [0.4, 0.5) is 0 Å². The summed E-state index contributed by atoms with van der Waals surface area (Å²) in [4.78, 5) is 36.0. The Morgan fingerprint density at radius 1 is 1.04 bits per heavy atom. The molecule has 0 bridgehead atoms. The Bertz CT molecular complexity index is 415. The van der Waals surface area contributed by atoms with E-state index in [-0.39, 0.29) is 17.7 Å². The van der Waals surface area contributed by atoms with Gasteiger partial charge in [-0.15, -0.1) is 0 Å². The molecule has 24 heavy (non-hydrogen) atoms. The van der Waals surface area contributed by atoms with Gasteiger partial charge >= 0.3 is 5.97 Å². The third kappa shape index (κ3) is 8.80. The van der Waals surface area contributed by atoms with E-state index in [1.807, 2.05) is 19.3 Å². The molecular weight excluding hydrogens is 316 g/mol. The maximum Gasteiger partial charge on any atom is 0.322 e. The number of carbonyl (C=O) groups is 3. The third-order valence-electron chi connectivity index (χ3n) is 3.63. The molecule has 5 N–H and O–H groups in total. The molecular formula is C15H30N4O5. The molecule has 0 aromatic heterocycles. The molecule has 0 aliphatic heterocycles. The zero-order valence-corrected chi connectivity index (χ0v) is 14.8. The molecule has 0 rings (SSSR count). The zero-order valence-electron chi connectivity index (χ0n) is 14.8. The standard InChI is InChI=1S/C15H30N4O5/c1-10(2)13(18-24)15(23)16-8-6-5-7-11(19(3)4)14(22)17-9-12(20)21/h10-11,13,18,24H,5-9H2,1-4H3,(H,16,23)(H,17,22)(H,20,21)/t11?,13-/m0/s1. The fraction of sp³-hybridized carbons (Fsp3) is 0.800. The highest BCUT2D eigenvalue weighted by atomic mass is 16.5. The molecule has 2 atom stereocenters. The average Bonchev–Trinajstić information content (AvgIpc) is 2.48. The molecule has 0 aliphatic rings. The number of carboxylic acids is 1. The number of hydrogen-bond donors (Lipinski definition) is 5. The number of nitrogens with one attached hydrogen (secondary N) is 3. The van der Waals surface area contributed by atoms with Crippen molar-refractivity contribution in [2.45, 2.75) is 45.2 Å². The summed E-state index contributed by atoms with van der Waals surface area (Å²) in [6, 6.07) is -1.07. The minimum Gasteiger partial charge on any atom is -0.480 e. The van der Waals surface area contributed by atoms with Crippen LogP contribution >= 0.6 is 0 Å². The number of hydroxylamine groups is 1. The van der Waals surface area contributed by atoms with Crippen LogP contribution in [0, 0.1) is 5.92 Å². The van der Waals surface area contributed by atoms with Crippen LogP contribution in [0.25, 0.3) is 0 Å². The quantitative estimate of drug-likeness (QED) is 0.236. The van der Waals surface area contributed by atoms with E-state index in [9.17, 15) is 14.4 Å². The number of unbranched alkanes of at least 4 members (excludes halogenated alkanes) is 1. The van der Waals surface area contributed by atoms with E-state index >= 15 is 0 Å². The molecule has 9 nitrogen and oxygen atoms in total. The Morgan fingerprint density at radius 2 is 1.67 bits per heavy atom. The van der Waals surface area contributed by atoms with E-state index in [2.05, 4.69) is 10.6 Å². The number of amides is 2. The number of nitrogens with zero attached hydrogens (tertiary/aromatic N) is 1. The van der Waals surface area contributed by atoms with Gasteiger partial charge in [-0.2, -0.15) is 5.48 Å². The molecule has 0 radical (unpaired) electrons. The second-order valence-electron chi connectivity index (χ2n) is 6.23. The first kappa shape index (κ1) is 22.3. The summed E-state index contributed by atoms with van der Waals surface area (Å²) in [6.45, 7) is 3.69. The lowest BCUT2D eigenvalue weighted by molar-refractivity contribution is -0.138. The highest BCUT2D eigenvalue weighted by Gasteiger charge is 2.22. The van der Waals surface area contributed by atoms with E-state index < -0.39 is 24.6 Å². The largest absolute Gasteiger partial charge is 0.480 e. The van der Waals surface area contributed by atoms with Crippen molar-refractivity contribution < 1.29 is 24.7 Å². The van der Waals surface area contributed by atoms with Gasteiger partial charge in [-0.25, -0.2) is 0 Å². The van der Waals surface area contributed by atoms with Crippen molar-refractivity contribution in [2.24, 2.45) is 5.92 Å². The highest BCUT2D eigenvalue weighted by Crippen LogP contribution is 2.06. The van der Waals surface area contributed by atoms with Gasteiger partial charge in [-0.3, -0.25) is 19.3 Å². The van der Waals surface area contributed by atoms with Crippen LogP contribution in [-0.4, -0.2) is 72.3 Å². The van der Waals surface area contributed by atoms with Crippen LogP contribution < -0.4 is 16.1 Å². The first-order chi connectivity index (χ1) is 11.2. The molecule has 0 saturated carbocycles. The summed E-state index contributed by atoms with van der Waals surface area (Å²) in [6.07, 6.45) is 1.93. The van der Waals surface area contributed by atoms with Crippen LogP contribution in [0.2, 0.25) is 0 Å². The second kappa shape index (κ2) is 11.8. The van der Waals surface area contributed by atoms with Gasteiger partial charge in [-0.05, 0) is 39.3 Å². The van der Waals surface area contributed by atoms with E-state index in [1.165, 1.54) is 0 Å². The monoisotopic (exact) mass is 346 g/mol. The molecule has 0 spiro atoms. The van der Waals surface area contributed by atoms with Crippen LogP contribution in [0.5, 0.6) is 0 Å². The lowest BCUT2D eigenvalue weighted by atomic mass is 10.0. The summed E-state index contributed by atoms with van der Waals surface area (Å²) in [7, 11) is 3.51. The van der Waals surface area contributed by atoms with Crippen LogP contribution in [0.3, 0.4) is 0 Å². The van der Waals surface area contributed by atoms with Gasteiger partial charge in [0.05, 0.1) is 6.04 Å². The third-order valence-corrected chi connectivity index (χ3v) is 3.63.